The molecule has 1 aliphatic rings. The Morgan fingerprint density at radius 3 is 2.38 bits per heavy atom. The molecule has 0 radical (unpaired) electrons. The van der Waals surface area contributed by atoms with Crippen LogP contribution in [0.2, 0.25) is 0 Å². The first kappa shape index (κ1) is 22.1. The van der Waals surface area contributed by atoms with Crippen LogP contribution < -0.4 is 9.64 Å². The van der Waals surface area contributed by atoms with Crippen molar-refractivity contribution in [3.8, 4) is 17.0 Å². The summed E-state index contributed by atoms with van der Waals surface area (Å²) < 4.78 is 5.57. The molecule has 0 bridgehead atoms. The fourth-order valence-corrected chi connectivity index (χ4v) is 4.65. The lowest BCUT2D eigenvalue weighted by molar-refractivity contribution is -0.917. The summed E-state index contributed by atoms with van der Waals surface area (Å²) in [5.41, 5.74) is 4.68. The number of hydrogen-bond acceptors (Lipinski definition) is 3. The second-order valence-corrected chi connectivity index (χ2v) is 8.73. The summed E-state index contributed by atoms with van der Waals surface area (Å²) in [4.78, 5) is 22.0. The predicted molar refractivity (Wildman–Crippen MR) is 135 cm³/mol. The van der Waals surface area contributed by atoms with Crippen LogP contribution >= 0.6 is 0 Å². The van der Waals surface area contributed by atoms with E-state index in [2.05, 4.69) is 30.3 Å². The van der Waals surface area contributed by atoms with Crippen LogP contribution in [0.5, 0.6) is 5.75 Å². The van der Waals surface area contributed by atoms with E-state index in [1.807, 2.05) is 66.4 Å². The summed E-state index contributed by atoms with van der Waals surface area (Å²) in [5.74, 6) is 0.920. The van der Waals surface area contributed by atoms with Crippen LogP contribution in [-0.2, 0) is 6.54 Å². The van der Waals surface area contributed by atoms with Gasteiger partial charge in [0, 0.05) is 16.5 Å². The lowest BCUT2D eigenvalue weighted by Crippen LogP contribution is -3.13. The standard InChI is InChI=1S/C29H29N3O2/c1-2-34-24-14-12-23(13-15-24)28-20-26(25-10-6-7-11-27(25)30-28)29(33)32-18-16-31(17-19-32)21-22-8-4-3-5-9-22/h3-15,20H,2,16-19,21H2,1H3/p+1. The Labute approximate surface area is 200 Å². The summed E-state index contributed by atoms with van der Waals surface area (Å²) in [5, 5.41) is 0.904. The molecule has 1 N–H and O–H groups in total. The van der Waals surface area contributed by atoms with Crippen LogP contribution in [0.15, 0.2) is 84.9 Å². The lowest BCUT2D eigenvalue weighted by atomic mass is 10.0. The summed E-state index contributed by atoms with van der Waals surface area (Å²) in [6, 6.07) is 28.3. The minimum atomic E-state index is 0.0875. The molecule has 1 aliphatic heterocycles. The number of fused-ring (bicyclic) bond motifs is 1. The van der Waals surface area contributed by atoms with E-state index in [-0.39, 0.29) is 5.91 Å². The molecule has 5 heteroatoms. The molecule has 0 saturated carbocycles. The minimum absolute atomic E-state index is 0.0875. The Balaban J connectivity index is 1.37. The molecule has 4 aromatic rings. The Morgan fingerprint density at radius 1 is 0.941 bits per heavy atom. The third-order valence-electron chi connectivity index (χ3n) is 6.46. The molecule has 5 nitrogen and oxygen atoms in total. The average Bonchev–Trinajstić information content (AvgIpc) is 2.89. The zero-order chi connectivity index (χ0) is 23.3. The molecule has 2 heterocycles. The van der Waals surface area contributed by atoms with Gasteiger partial charge in [-0.25, -0.2) is 4.98 Å². The van der Waals surface area contributed by atoms with Gasteiger partial charge in [-0.2, -0.15) is 0 Å². The highest BCUT2D eigenvalue weighted by atomic mass is 16.5. The van der Waals surface area contributed by atoms with E-state index < -0.39 is 0 Å². The number of quaternary nitrogens is 1. The molecule has 1 saturated heterocycles. The van der Waals surface area contributed by atoms with Crippen molar-refractivity contribution in [2.24, 2.45) is 0 Å². The van der Waals surface area contributed by atoms with E-state index in [0.29, 0.717) is 6.61 Å². The van der Waals surface area contributed by atoms with Gasteiger partial charge in [-0.15, -0.1) is 0 Å². The third kappa shape index (κ3) is 4.80. The number of hydrogen-bond donors (Lipinski definition) is 1. The van der Waals surface area contributed by atoms with Crippen molar-refractivity contribution < 1.29 is 14.4 Å². The maximum absolute atomic E-state index is 13.7. The Morgan fingerprint density at radius 2 is 1.65 bits per heavy atom. The number of benzene rings is 3. The van der Waals surface area contributed by atoms with Crippen molar-refractivity contribution in [1.29, 1.82) is 0 Å². The molecular formula is C29H30N3O2+. The SMILES string of the molecule is CCOc1ccc(-c2cc(C(=O)N3CC[NH+](Cc4ccccc4)CC3)c3ccccc3n2)cc1. The molecular weight excluding hydrogens is 422 g/mol. The smallest absolute Gasteiger partial charge is 0.255 e. The van der Waals surface area contributed by atoms with Gasteiger partial charge in [0.2, 0.25) is 0 Å². The number of rotatable bonds is 6. The largest absolute Gasteiger partial charge is 0.494 e. The van der Waals surface area contributed by atoms with Crippen molar-refractivity contribution in [3.05, 3.63) is 96.1 Å². The fourth-order valence-electron chi connectivity index (χ4n) is 4.65. The minimum Gasteiger partial charge on any atom is -0.494 e. The fraction of sp³-hybridized carbons (Fsp3) is 0.241. The summed E-state index contributed by atoms with van der Waals surface area (Å²) in [6.07, 6.45) is 0. The number of nitrogens with zero attached hydrogens (tertiary/aromatic N) is 2. The van der Waals surface area contributed by atoms with Crippen molar-refractivity contribution in [3.63, 3.8) is 0 Å². The Hall–Kier alpha value is -3.70. The number of piperazine rings is 1. The highest BCUT2D eigenvalue weighted by Crippen LogP contribution is 2.27. The number of carbonyl (C=O) groups is 1. The van der Waals surface area contributed by atoms with Crippen LogP contribution in [-0.4, -0.2) is 48.6 Å². The topological polar surface area (TPSA) is 46.9 Å². The predicted octanol–water partition coefficient (Wildman–Crippen LogP) is 3.84. The zero-order valence-corrected chi connectivity index (χ0v) is 19.5. The monoisotopic (exact) mass is 452 g/mol. The molecule has 172 valence electrons. The summed E-state index contributed by atoms with van der Waals surface area (Å²) >= 11 is 0. The first-order chi connectivity index (χ1) is 16.7. The summed E-state index contributed by atoms with van der Waals surface area (Å²) in [7, 11) is 0. The van der Waals surface area contributed by atoms with E-state index in [4.69, 9.17) is 9.72 Å². The number of aromatic nitrogens is 1. The normalized spacial score (nSPS) is 14.3. The quantitative estimate of drug-likeness (QED) is 0.484. The third-order valence-corrected chi connectivity index (χ3v) is 6.46. The van der Waals surface area contributed by atoms with Crippen LogP contribution in [0.1, 0.15) is 22.8 Å². The van der Waals surface area contributed by atoms with Gasteiger partial charge in [-0.3, -0.25) is 4.79 Å². The molecule has 0 aliphatic carbocycles. The average molecular weight is 453 g/mol. The van der Waals surface area contributed by atoms with Gasteiger partial charge in [0.1, 0.15) is 12.3 Å². The van der Waals surface area contributed by atoms with Gasteiger partial charge >= 0.3 is 0 Å². The Kier molecular flexibility index (Phi) is 6.54. The van der Waals surface area contributed by atoms with Gasteiger partial charge < -0.3 is 14.5 Å². The van der Waals surface area contributed by atoms with Crippen molar-refractivity contribution in [1.82, 2.24) is 9.88 Å². The van der Waals surface area contributed by atoms with Gasteiger partial charge in [0.05, 0.1) is 49.6 Å². The van der Waals surface area contributed by atoms with Crippen LogP contribution in [0.4, 0.5) is 0 Å². The van der Waals surface area contributed by atoms with E-state index in [0.717, 1.165) is 66.2 Å². The van der Waals surface area contributed by atoms with Crippen LogP contribution in [0.3, 0.4) is 0 Å². The second kappa shape index (κ2) is 10.1. The van der Waals surface area contributed by atoms with Crippen LogP contribution in [0, 0.1) is 0 Å². The van der Waals surface area contributed by atoms with E-state index in [1.54, 1.807) is 0 Å². The van der Waals surface area contributed by atoms with Crippen LogP contribution in [0.25, 0.3) is 22.2 Å². The molecule has 1 aromatic heterocycles. The number of pyridine rings is 1. The molecule has 0 unspecified atom stereocenters. The van der Waals surface area contributed by atoms with E-state index in [1.165, 1.54) is 10.5 Å². The van der Waals surface area contributed by atoms with Crippen molar-refractivity contribution in [2.45, 2.75) is 13.5 Å². The lowest BCUT2D eigenvalue weighted by Gasteiger charge is -2.32. The number of para-hydroxylation sites is 1. The molecule has 1 amide bonds. The highest BCUT2D eigenvalue weighted by Gasteiger charge is 2.26. The highest BCUT2D eigenvalue weighted by molar-refractivity contribution is 6.07. The van der Waals surface area contributed by atoms with E-state index >= 15 is 0 Å². The van der Waals surface area contributed by atoms with E-state index in [9.17, 15) is 4.79 Å². The first-order valence-corrected chi connectivity index (χ1v) is 12.0. The number of ether oxygens (including phenoxy) is 1. The molecule has 3 aromatic carbocycles. The number of amides is 1. The molecule has 0 spiro atoms. The first-order valence-electron chi connectivity index (χ1n) is 12.0. The zero-order valence-electron chi connectivity index (χ0n) is 19.5. The van der Waals surface area contributed by atoms with Gasteiger partial charge in [-0.05, 0) is 43.3 Å². The van der Waals surface area contributed by atoms with Crippen molar-refractivity contribution in [2.75, 3.05) is 32.8 Å². The van der Waals surface area contributed by atoms with Crippen molar-refractivity contribution >= 4 is 16.8 Å². The molecule has 1 fully saturated rings. The maximum Gasteiger partial charge on any atom is 0.255 e. The summed E-state index contributed by atoms with van der Waals surface area (Å²) in [6.45, 7) is 7.03. The van der Waals surface area contributed by atoms with Gasteiger partial charge in [0.15, 0.2) is 0 Å². The maximum atomic E-state index is 13.7. The van der Waals surface area contributed by atoms with Gasteiger partial charge in [-0.1, -0.05) is 48.5 Å². The molecule has 0 atom stereocenters. The number of carbonyl (C=O) groups excluding carboxylic acids is 1. The number of nitrogens with one attached hydrogen (secondary N) is 1. The Bertz CT molecular complexity index is 1260. The van der Waals surface area contributed by atoms with Gasteiger partial charge in [0.25, 0.3) is 5.91 Å². The molecule has 5 rings (SSSR count). The second-order valence-electron chi connectivity index (χ2n) is 8.73. The molecule has 34 heavy (non-hydrogen) atoms.